The van der Waals surface area contributed by atoms with Gasteiger partial charge in [0.1, 0.15) is 11.8 Å². The van der Waals surface area contributed by atoms with E-state index in [9.17, 15) is 14.7 Å². The molecule has 2 N–H and O–H groups in total. The van der Waals surface area contributed by atoms with Gasteiger partial charge in [0.05, 0.1) is 18.8 Å². The third-order valence-corrected chi connectivity index (χ3v) is 4.54. The monoisotopic (exact) mass is 342 g/mol. The van der Waals surface area contributed by atoms with Gasteiger partial charge in [-0.3, -0.25) is 9.59 Å². The quantitative estimate of drug-likeness (QED) is 0.842. The second-order valence-electron chi connectivity index (χ2n) is 6.15. The van der Waals surface area contributed by atoms with Crippen LogP contribution in [0.5, 0.6) is 0 Å². The maximum atomic E-state index is 12.5. The molecule has 2 atom stereocenters. The minimum atomic E-state index is -0.602. The van der Waals surface area contributed by atoms with E-state index in [0.717, 1.165) is 17.7 Å². The summed E-state index contributed by atoms with van der Waals surface area (Å²) in [5.41, 5.74) is 1.95. The number of carbonyl (C=O) groups excluding carboxylic acids is 2. The van der Waals surface area contributed by atoms with Crippen LogP contribution in [0.2, 0.25) is 0 Å². The van der Waals surface area contributed by atoms with Crippen LogP contribution in [0.15, 0.2) is 47.1 Å². The Hall–Kier alpha value is -2.60. The number of furan rings is 1. The molecule has 1 aliphatic heterocycles. The van der Waals surface area contributed by atoms with E-state index in [1.54, 1.807) is 17.0 Å². The van der Waals surface area contributed by atoms with Crippen molar-refractivity contribution >= 4 is 17.5 Å². The summed E-state index contributed by atoms with van der Waals surface area (Å²) < 4.78 is 5.24. The molecule has 0 spiro atoms. The molecule has 1 aliphatic rings. The van der Waals surface area contributed by atoms with Crippen molar-refractivity contribution in [2.75, 3.05) is 18.1 Å². The van der Waals surface area contributed by atoms with Crippen molar-refractivity contribution in [3.8, 4) is 0 Å². The summed E-state index contributed by atoms with van der Waals surface area (Å²) in [6, 6.07) is 10.5. The zero-order valence-electron chi connectivity index (χ0n) is 14.1. The zero-order valence-corrected chi connectivity index (χ0v) is 14.1. The average molecular weight is 342 g/mol. The van der Waals surface area contributed by atoms with Crippen LogP contribution in [0.3, 0.4) is 0 Å². The third-order valence-electron chi connectivity index (χ3n) is 4.54. The van der Waals surface area contributed by atoms with Crippen molar-refractivity contribution < 1.29 is 19.1 Å². The normalized spacial score (nSPS) is 18.4. The third kappa shape index (κ3) is 3.58. The number of anilines is 1. The number of hydrogen-bond acceptors (Lipinski definition) is 4. The second kappa shape index (κ2) is 7.53. The SMILES string of the molecule is CCc1ccccc1N1CC(C(=O)NC(CO)c2ccco2)CC1=O. The van der Waals surface area contributed by atoms with Gasteiger partial charge in [0, 0.05) is 18.7 Å². The lowest BCUT2D eigenvalue weighted by Crippen LogP contribution is -2.36. The van der Waals surface area contributed by atoms with Crippen molar-refractivity contribution in [2.24, 2.45) is 5.92 Å². The summed E-state index contributed by atoms with van der Waals surface area (Å²) in [5, 5.41) is 12.3. The predicted octanol–water partition coefficient (Wildman–Crippen LogP) is 2.04. The first kappa shape index (κ1) is 17.2. The first-order valence-electron chi connectivity index (χ1n) is 8.47. The van der Waals surface area contributed by atoms with E-state index < -0.39 is 12.0 Å². The maximum absolute atomic E-state index is 12.5. The van der Waals surface area contributed by atoms with Gasteiger partial charge in [-0.15, -0.1) is 0 Å². The number of para-hydroxylation sites is 1. The van der Waals surface area contributed by atoms with Gasteiger partial charge in [0.15, 0.2) is 0 Å². The Morgan fingerprint density at radius 1 is 1.36 bits per heavy atom. The first-order valence-corrected chi connectivity index (χ1v) is 8.47. The Balaban J connectivity index is 1.70. The van der Waals surface area contributed by atoms with Crippen LogP contribution in [0.4, 0.5) is 5.69 Å². The Morgan fingerprint density at radius 2 is 2.16 bits per heavy atom. The van der Waals surface area contributed by atoms with E-state index in [4.69, 9.17) is 4.42 Å². The highest BCUT2D eigenvalue weighted by molar-refractivity contribution is 6.00. The van der Waals surface area contributed by atoms with Crippen LogP contribution in [-0.4, -0.2) is 30.1 Å². The van der Waals surface area contributed by atoms with Crippen LogP contribution >= 0.6 is 0 Å². The van der Waals surface area contributed by atoms with E-state index in [1.165, 1.54) is 6.26 Å². The fourth-order valence-corrected chi connectivity index (χ4v) is 3.18. The van der Waals surface area contributed by atoms with Crippen LogP contribution in [0.1, 0.15) is 30.7 Å². The van der Waals surface area contributed by atoms with Crippen LogP contribution in [0, 0.1) is 5.92 Å². The molecule has 0 radical (unpaired) electrons. The van der Waals surface area contributed by atoms with Gasteiger partial charge in [-0.05, 0) is 30.2 Å². The van der Waals surface area contributed by atoms with Crippen LogP contribution in [0.25, 0.3) is 0 Å². The van der Waals surface area contributed by atoms with Gasteiger partial charge in [0.25, 0.3) is 0 Å². The van der Waals surface area contributed by atoms with Gasteiger partial charge in [0.2, 0.25) is 11.8 Å². The number of nitrogens with zero attached hydrogens (tertiary/aromatic N) is 1. The van der Waals surface area contributed by atoms with Gasteiger partial charge >= 0.3 is 0 Å². The number of benzene rings is 1. The molecule has 2 heterocycles. The number of aliphatic hydroxyl groups is 1. The number of aryl methyl sites for hydroxylation is 1. The van der Waals surface area contributed by atoms with Gasteiger partial charge in [-0.1, -0.05) is 25.1 Å². The minimum Gasteiger partial charge on any atom is -0.467 e. The van der Waals surface area contributed by atoms with E-state index in [0.29, 0.717) is 12.3 Å². The zero-order chi connectivity index (χ0) is 17.8. The van der Waals surface area contributed by atoms with Gasteiger partial charge in [-0.2, -0.15) is 0 Å². The molecule has 1 aromatic carbocycles. The largest absolute Gasteiger partial charge is 0.467 e. The fraction of sp³-hybridized carbons (Fsp3) is 0.368. The molecule has 0 saturated carbocycles. The van der Waals surface area contributed by atoms with Crippen LogP contribution in [-0.2, 0) is 16.0 Å². The number of nitrogens with one attached hydrogen (secondary N) is 1. The molecule has 1 aromatic heterocycles. The molecular formula is C19H22N2O4. The summed E-state index contributed by atoms with van der Waals surface area (Å²) in [4.78, 5) is 26.6. The van der Waals surface area contributed by atoms with Crippen molar-refractivity contribution in [3.63, 3.8) is 0 Å². The van der Waals surface area contributed by atoms with Crippen LogP contribution < -0.4 is 10.2 Å². The molecule has 2 unspecified atom stereocenters. The summed E-state index contributed by atoms with van der Waals surface area (Å²) >= 11 is 0. The topological polar surface area (TPSA) is 82.8 Å². The number of rotatable bonds is 6. The average Bonchev–Trinajstić information content (AvgIpc) is 3.29. The smallest absolute Gasteiger partial charge is 0.227 e. The number of aliphatic hydroxyl groups excluding tert-OH is 1. The Labute approximate surface area is 146 Å². The Kier molecular flexibility index (Phi) is 5.19. The lowest BCUT2D eigenvalue weighted by molar-refractivity contribution is -0.127. The standard InChI is InChI=1S/C19H22N2O4/c1-2-13-6-3-4-7-16(13)21-11-14(10-18(21)23)19(24)20-15(12-22)17-8-5-9-25-17/h3-9,14-15,22H,2,10-12H2,1H3,(H,20,24). The summed E-state index contributed by atoms with van der Waals surface area (Å²) in [5.74, 6) is -0.255. The van der Waals surface area contributed by atoms with Crippen molar-refractivity contribution in [3.05, 3.63) is 54.0 Å². The molecular weight excluding hydrogens is 320 g/mol. The van der Waals surface area contributed by atoms with Gasteiger partial charge < -0.3 is 19.7 Å². The lowest BCUT2D eigenvalue weighted by atomic mass is 10.1. The molecule has 25 heavy (non-hydrogen) atoms. The molecule has 0 bridgehead atoms. The van der Waals surface area contributed by atoms with Crippen molar-refractivity contribution in [2.45, 2.75) is 25.8 Å². The lowest BCUT2D eigenvalue weighted by Gasteiger charge is -2.20. The molecule has 2 amide bonds. The molecule has 3 rings (SSSR count). The van der Waals surface area contributed by atoms with Crippen molar-refractivity contribution in [1.82, 2.24) is 5.32 Å². The maximum Gasteiger partial charge on any atom is 0.227 e. The van der Waals surface area contributed by atoms with E-state index in [1.807, 2.05) is 31.2 Å². The summed E-state index contributed by atoms with van der Waals surface area (Å²) in [6.07, 6.45) is 2.48. The van der Waals surface area contributed by atoms with E-state index in [2.05, 4.69) is 5.32 Å². The highest BCUT2D eigenvalue weighted by Crippen LogP contribution is 2.29. The number of carbonyl (C=O) groups is 2. The minimum absolute atomic E-state index is 0.0559. The highest BCUT2D eigenvalue weighted by atomic mass is 16.3. The first-order chi connectivity index (χ1) is 12.1. The van der Waals surface area contributed by atoms with E-state index >= 15 is 0 Å². The highest BCUT2D eigenvalue weighted by Gasteiger charge is 2.36. The molecule has 6 nitrogen and oxygen atoms in total. The Morgan fingerprint density at radius 3 is 2.84 bits per heavy atom. The van der Waals surface area contributed by atoms with Crippen molar-refractivity contribution in [1.29, 1.82) is 0 Å². The van der Waals surface area contributed by atoms with E-state index in [-0.39, 0.29) is 24.8 Å². The number of amides is 2. The Bertz CT molecular complexity index is 742. The van der Waals surface area contributed by atoms with Gasteiger partial charge in [-0.25, -0.2) is 0 Å². The summed E-state index contributed by atoms with van der Waals surface area (Å²) in [7, 11) is 0. The molecule has 132 valence electrons. The molecule has 1 saturated heterocycles. The molecule has 0 aliphatic carbocycles. The predicted molar refractivity (Wildman–Crippen MR) is 93.0 cm³/mol. The second-order valence-corrected chi connectivity index (χ2v) is 6.15. The fourth-order valence-electron chi connectivity index (χ4n) is 3.18. The summed E-state index contributed by atoms with van der Waals surface area (Å²) in [6.45, 7) is 2.12. The molecule has 1 fully saturated rings. The molecule has 2 aromatic rings. The number of hydrogen-bond donors (Lipinski definition) is 2. The molecule has 6 heteroatoms.